The number of hydrogen-bond donors (Lipinski definition) is 5. The number of nitrogens with one attached hydrogen (secondary N) is 3. The molecule has 0 spiro atoms. The Balaban J connectivity index is 1.78. The monoisotopic (exact) mass is 450 g/mol. The van der Waals surface area contributed by atoms with E-state index in [-0.39, 0.29) is 24.0 Å². The fraction of sp³-hybridized carbons (Fsp3) is 0.125. The molecule has 6 N–H and O–H groups in total. The highest BCUT2D eigenvalue weighted by atomic mass is 19.1. The first-order valence-electron chi connectivity index (χ1n) is 9.96. The van der Waals surface area contributed by atoms with Gasteiger partial charge in [0.05, 0.1) is 5.56 Å². The molecule has 1 amide bonds. The third-order valence-electron chi connectivity index (χ3n) is 4.72. The molecule has 0 fully saturated rings. The average molecular weight is 450 g/mol. The van der Waals surface area contributed by atoms with Crippen LogP contribution in [0.3, 0.4) is 0 Å². The molecule has 0 heterocycles. The predicted octanol–water partition coefficient (Wildman–Crippen LogP) is 3.75. The summed E-state index contributed by atoms with van der Waals surface area (Å²) in [6.45, 7) is 1.43. The van der Waals surface area contributed by atoms with Gasteiger partial charge in [0.15, 0.2) is 6.61 Å². The second-order valence-corrected chi connectivity index (χ2v) is 7.28. The van der Waals surface area contributed by atoms with Crippen LogP contribution in [0.4, 0.5) is 15.8 Å². The number of rotatable bonds is 9. The van der Waals surface area contributed by atoms with E-state index in [0.717, 1.165) is 11.6 Å². The van der Waals surface area contributed by atoms with Crippen LogP contribution in [0.15, 0.2) is 60.7 Å². The Morgan fingerprint density at radius 2 is 1.82 bits per heavy atom. The quantitative estimate of drug-likeness (QED) is 0.249. The Hall–Kier alpha value is -4.40. The number of ether oxygens (including phenoxy) is 1. The molecule has 0 aliphatic rings. The summed E-state index contributed by atoms with van der Waals surface area (Å²) in [5.74, 6) is -2.03. The highest BCUT2D eigenvalue weighted by Gasteiger charge is 2.14. The molecule has 0 bridgehead atoms. The van der Waals surface area contributed by atoms with Gasteiger partial charge in [0.2, 0.25) is 0 Å². The number of carboxylic acids is 1. The first-order valence-corrected chi connectivity index (χ1v) is 9.96. The molecule has 0 atom stereocenters. The van der Waals surface area contributed by atoms with E-state index in [1.54, 1.807) is 36.4 Å². The Bertz CT molecular complexity index is 1200. The number of benzene rings is 3. The Kier molecular flexibility index (Phi) is 7.24. The van der Waals surface area contributed by atoms with Crippen molar-refractivity contribution in [2.24, 2.45) is 5.73 Å². The first kappa shape index (κ1) is 23.3. The molecule has 0 aliphatic heterocycles. The van der Waals surface area contributed by atoms with Crippen molar-refractivity contribution in [3.63, 3.8) is 0 Å². The molecule has 3 aromatic carbocycles. The minimum atomic E-state index is -1.17. The largest absolute Gasteiger partial charge is 0.481 e. The molecule has 3 aromatic rings. The summed E-state index contributed by atoms with van der Waals surface area (Å²) in [6.07, 6.45) is 0. The van der Waals surface area contributed by atoms with Crippen LogP contribution >= 0.6 is 0 Å². The number of hydrogen-bond acceptors (Lipinski definition) is 5. The number of aliphatic carboxylic acids is 1. The number of carboxylic acid groups (broad SMARTS) is 1. The molecular formula is C24H23FN4O4. The number of anilines is 2. The van der Waals surface area contributed by atoms with Crippen molar-refractivity contribution in [1.82, 2.24) is 0 Å². The molecule has 9 heteroatoms. The Morgan fingerprint density at radius 3 is 2.48 bits per heavy atom. The molecular weight excluding hydrogens is 427 g/mol. The van der Waals surface area contributed by atoms with Crippen LogP contribution in [0.1, 0.15) is 27.0 Å². The van der Waals surface area contributed by atoms with Gasteiger partial charge in [-0.15, -0.1) is 0 Å². The fourth-order valence-electron chi connectivity index (χ4n) is 3.07. The average Bonchev–Trinajstić information content (AvgIpc) is 2.78. The van der Waals surface area contributed by atoms with Gasteiger partial charge >= 0.3 is 5.97 Å². The molecule has 0 radical (unpaired) electrons. The lowest BCUT2D eigenvalue weighted by Crippen LogP contribution is -2.16. The summed E-state index contributed by atoms with van der Waals surface area (Å²) in [4.78, 5) is 23.8. The number of aryl methyl sites for hydroxylation is 1. The summed E-state index contributed by atoms with van der Waals surface area (Å²) in [7, 11) is 0. The molecule has 3 rings (SSSR count). The maximum atomic E-state index is 13.6. The lowest BCUT2D eigenvalue weighted by Gasteiger charge is -2.15. The van der Waals surface area contributed by atoms with Crippen molar-refractivity contribution in [2.75, 3.05) is 17.2 Å². The second kappa shape index (κ2) is 10.3. The van der Waals surface area contributed by atoms with Gasteiger partial charge in [-0.3, -0.25) is 10.2 Å². The Morgan fingerprint density at radius 1 is 1.09 bits per heavy atom. The van der Waals surface area contributed by atoms with E-state index in [9.17, 15) is 14.0 Å². The standard InChI is InChI=1S/C24H23FN4O4/c1-14-2-9-20(28-12-16-3-6-17(25)11-21(16)33-13-22(30)31)19(10-14)24(32)29-18-7-4-15(5-8-18)23(26)27/h2-11,28H,12-13H2,1H3,(H3,26,27)(H,29,32)(H,30,31). The second-order valence-electron chi connectivity index (χ2n) is 7.28. The molecule has 0 saturated heterocycles. The number of carbonyl (C=O) groups is 2. The molecule has 0 saturated carbocycles. The maximum absolute atomic E-state index is 13.6. The molecule has 170 valence electrons. The summed E-state index contributed by atoms with van der Waals surface area (Å²) in [5.41, 5.74) is 8.88. The molecule has 0 aromatic heterocycles. The van der Waals surface area contributed by atoms with Crippen molar-refractivity contribution in [2.45, 2.75) is 13.5 Å². The van der Waals surface area contributed by atoms with Gasteiger partial charge < -0.3 is 26.2 Å². The fourth-order valence-corrected chi connectivity index (χ4v) is 3.07. The third-order valence-corrected chi connectivity index (χ3v) is 4.72. The highest BCUT2D eigenvalue weighted by Crippen LogP contribution is 2.24. The number of amidine groups is 1. The van der Waals surface area contributed by atoms with Crippen molar-refractivity contribution in [1.29, 1.82) is 5.41 Å². The normalized spacial score (nSPS) is 10.4. The van der Waals surface area contributed by atoms with Crippen molar-refractivity contribution >= 4 is 29.1 Å². The summed E-state index contributed by atoms with van der Waals surface area (Å²) >= 11 is 0. The van der Waals surface area contributed by atoms with Crippen molar-refractivity contribution in [3.05, 3.63) is 88.7 Å². The smallest absolute Gasteiger partial charge is 0.341 e. The summed E-state index contributed by atoms with van der Waals surface area (Å²) < 4.78 is 18.8. The van der Waals surface area contributed by atoms with Gasteiger partial charge in [-0.2, -0.15) is 0 Å². The zero-order valence-corrected chi connectivity index (χ0v) is 17.8. The van der Waals surface area contributed by atoms with E-state index >= 15 is 0 Å². The number of nitrogens with two attached hydrogens (primary N) is 1. The topological polar surface area (TPSA) is 138 Å². The lowest BCUT2D eigenvalue weighted by atomic mass is 10.1. The lowest BCUT2D eigenvalue weighted by molar-refractivity contribution is -0.139. The van der Waals surface area contributed by atoms with Crippen LogP contribution in [0.2, 0.25) is 0 Å². The Labute approximate surface area is 189 Å². The zero-order chi connectivity index (χ0) is 24.0. The number of amides is 1. The van der Waals surface area contributed by atoms with Crippen LogP contribution < -0.4 is 21.1 Å². The minimum Gasteiger partial charge on any atom is -0.481 e. The molecule has 0 unspecified atom stereocenters. The van der Waals surface area contributed by atoms with E-state index in [4.69, 9.17) is 21.0 Å². The number of halogens is 1. The summed E-state index contributed by atoms with van der Waals surface area (Å²) in [6, 6.07) is 15.8. The SMILES string of the molecule is Cc1ccc(NCc2ccc(F)cc2OCC(=O)O)c(C(=O)Nc2ccc(C(=N)N)cc2)c1. The van der Waals surface area contributed by atoms with Crippen molar-refractivity contribution < 1.29 is 23.8 Å². The van der Waals surface area contributed by atoms with Crippen molar-refractivity contribution in [3.8, 4) is 5.75 Å². The van der Waals surface area contributed by atoms with Crippen LogP contribution in [0.5, 0.6) is 5.75 Å². The van der Waals surface area contributed by atoms with Gasteiger partial charge in [0.25, 0.3) is 5.91 Å². The number of carbonyl (C=O) groups excluding carboxylic acids is 1. The van der Waals surface area contributed by atoms with Crippen LogP contribution in [0.25, 0.3) is 0 Å². The predicted molar refractivity (Wildman–Crippen MR) is 123 cm³/mol. The van der Waals surface area contributed by atoms with Crippen LogP contribution in [-0.2, 0) is 11.3 Å². The van der Waals surface area contributed by atoms with Gasteiger partial charge in [0, 0.05) is 35.1 Å². The van der Waals surface area contributed by atoms with E-state index in [1.807, 2.05) is 13.0 Å². The van der Waals surface area contributed by atoms with E-state index in [2.05, 4.69) is 10.6 Å². The molecule has 0 aliphatic carbocycles. The van der Waals surface area contributed by atoms with Gasteiger partial charge in [0.1, 0.15) is 17.4 Å². The van der Waals surface area contributed by atoms with Gasteiger partial charge in [-0.25, -0.2) is 9.18 Å². The minimum absolute atomic E-state index is 0.0643. The highest BCUT2D eigenvalue weighted by molar-refractivity contribution is 6.08. The maximum Gasteiger partial charge on any atom is 0.341 e. The van der Waals surface area contributed by atoms with E-state index < -0.39 is 18.4 Å². The molecule has 8 nitrogen and oxygen atoms in total. The van der Waals surface area contributed by atoms with Crippen LogP contribution in [-0.4, -0.2) is 29.4 Å². The van der Waals surface area contributed by atoms with Crippen LogP contribution in [0, 0.1) is 18.2 Å². The van der Waals surface area contributed by atoms with E-state index in [1.165, 1.54) is 12.1 Å². The summed E-state index contributed by atoms with van der Waals surface area (Å²) in [5, 5.41) is 22.2. The zero-order valence-electron chi connectivity index (χ0n) is 17.8. The first-order chi connectivity index (χ1) is 15.7. The number of nitrogen functional groups attached to an aromatic ring is 1. The van der Waals surface area contributed by atoms with Gasteiger partial charge in [-0.05, 0) is 49.4 Å². The third kappa shape index (κ3) is 6.30. The van der Waals surface area contributed by atoms with Gasteiger partial charge in [-0.1, -0.05) is 17.7 Å². The van der Waals surface area contributed by atoms with E-state index in [0.29, 0.717) is 28.1 Å². The molecule has 33 heavy (non-hydrogen) atoms.